The number of nitrogens with one attached hydrogen (secondary N) is 4. The fraction of sp³-hybridized carbons (Fsp3) is 0.806. The number of Topliss-reactive ketones (excluding diaryl/α,β-unsaturated/α-hetero) is 1. The third-order valence-corrected chi connectivity index (χ3v) is 12.2. The van der Waals surface area contributed by atoms with Crippen LogP contribution in [0.5, 0.6) is 0 Å². The van der Waals surface area contributed by atoms with Crippen molar-refractivity contribution >= 4 is 39.6 Å². The molecule has 0 aromatic rings. The van der Waals surface area contributed by atoms with E-state index in [9.17, 15) is 32.4 Å². The van der Waals surface area contributed by atoms with E-state index in [-0.39, 0.29) is 37.4 Å². The molecule has 2 aliphatic heterocycles. The number of carbonyl (C=O) groups is 5. The number of urea groups is 1. The van der Waals surface area contributed by atoms with Crippen molar-refractivity contribution in [3.05, 3.63) is 12.7 Å². The highest BCUT2D eigenvalue weighted by Crippen LogP contribution is 2.44. The molecule has 15 heteroatoms. The molecule has 2 heterocycles. The molecule has 5 amide bonds. The Balaban J connectivity index is 1.60. The number of carbonyl (C=O) groups excluding carboxylic acids is 5. The van der Waals surface area contributed by atoms with Crippen molar-refractivity contribution in [3.63, 3.8) is 0 Å². The second-order valence-electron chi connectivity index (χ2n) is 16.8. The topological polar surface area (TPSA) is 183 Å². The zero-order chi connectivity index (χ0) is 37.9. The van der Waals surface area contributed by atoms with Crippen molar-refractivity contribution in [1.82, 2.24) is 30.5 Å². The van der Waals surface area contributed by atoms with E-state index in [0.29, 0.717) is 12.8 Å². The molecule has 0 spiro atoms. The van der Waals surface area contributed by atoms with Crippen molar-refractivity contribution < 1.29 is 37.1 Å². The van der Waals surface area contributed by atoms with Gasteiger partial charge >= 0.3 is 6.03 Å². The zero-order valence-corrected chi connectivity index (χ0v) is 32.3. The Kier molecular flexibility index (Phi) is 13.0. The van der Waals surface area contributed by atoms with E-state index in [1.165, 1.54) is 22.3 Å². The summed E-state index contributed by atoms with van der Waals surface area (Å²) in [5.74, 6) is -2.76. The summed E-state index contributed by atoms with van der Waals surface area (Å²) < 4.78 is 31.9. The number of hydrogen-bond donors (Lipinski definition) is 4. The van der Waals surface area contributed by atoms with E-state index in [2.05, 4.69) is 27.8 Å². The summed E-state index contributed by atoms with van der Waals surface area (Å²) in [5, 5.41) is 11.3. The maximum Gasteiger partial charge on any atom is 0.315 e. The van der Waals surface area contributed by atoms with Crippen LogP contribution in [0.3, 0.4) is 0 Å². The smallest absolute Gasteiger partial charge is 0.315 e. The number of likely N-dealkylation sites (tertiary alicyclic amines) is 1. The minimum Gasteiger partial charge on any atom is -0.370 e. The van der Waals surface area contributed by atoms with Crippen LogP contribution in [-0.4, -0.2) is 116 Å². The van der Waals surface area contributed by atoms with Crippen LogP contribution >= 0.6 is 0 Å². The molecule has 14 nitrogen and oxygen atoms in total. The maximum atomic E-state index is 14.7. The summed E-state index contributed by atoms with van der Waals surface area (Å²) in [6, 6.07) is -4.15. The van der Waals surface area contributed by atoms with Gasteiger partial charge in [-0.3, -0.25) is 19.2 Å². The Morgan fingerprint density at radius 2 is 1.67 bits per heavy atom. The predicted octanol–water partition coefficient (Wildman–Crippen LogP) is 2.09. The van der Waals surface area contributed by atoms with Crippen molar-refractivity contribution in [2.24, 2.45) is 23.2 Å². The fourth-order valence-electron chi connectivity index (χ4n) is 7.72. The van der Waals surface area contributed by atoms with E-state index in [4.69, 9.17) is 4.74 Å². The Bertz CT molecular complexity index is 1430. The number of rotatable bonds is 15. The number of hydrogen-bond acceptors (Lipinski definition) is 8. The highest BCUT2D eigenvalue weighted by molar-refractivity contribution is 7.88. The van der Waals surface area contributed by atoms with Gasteiger partial charge in [0, 0.05) is 38.6 Å². The number of ether oxygens (including phenoxy) is 1. The van der Waals surface area contributed by atoms with Crippen LogP contribution in [0, 0.1) is 23.2 Å². The monoisotopic (exact) mass is 736 g/mol. The van der Waals surface area contributed by atoms with Gasteiger partial charge in [0.05, 0.1) is 24.0 Å². The van der Waals surface area contributed by atoms with Crippen LogP contribution in [0.25, 0.3) is 0 Å². The normalized spacial score (nSPS) is 25.3. The number of nitrogens with zero attached hydrogens (tertiary/aromatic N) is 2. The predicted molar refractivity (Wildman–Crippen MR) is 193 cm³/mol. The SMILES string of the molecule is C=CCNC(=O)C(=O)C(CC1CC1)NC(=O)[C@@H]1[C@H]2CC(C)(C)O[C@H]2CN1C(=O)[C@@H](NC(=O)N[C@H](CN(C)S(C)(=O)=O)C(C)(C)C)C1CCCCC1. The van der Waals surface area contributed by atoms with Crippen LogP contribution in [-0.2, 0) is 33.9 Å². The van der Waals surface area contributed by atoms with Crippen molar-refractivity contribution in [1.29, 1.82) is 0 Å². The van der Waals surface area contributed by atoms with Gasteiger partial charge in [-0.1, -0.05) is 59.0 Å². The summed E-state index contributed by atoms with van der Waals surface area (Å²) in [7, 11) is -2.06. The number of amides is 5. The molecule has 0 aromatic heterocycles. The van der Waals surface area contributed by atoms with Crippen molar-refractivity contribution in [2.75, 3.05) is 32.9 Å². The zero-order valence-electron chi connectivity index (χ0n) is 31.5. The van der Waals surface area contributed by atoms with E-state index in [1.807, 2.05) is 34.6 Å². The van der Waals surface area contributed by atoms with Gasteiger partial charge in [-0.2, -0.15) is 0 Å². The fourth-order valence-corrected chi connectivity index (χ4v) is 8.14. The Morgan fingerprint density at radius 3 is 2.24 bits per heavy atom. The molecule has 288 valence electrons. The first-order valence-electron chi connectivity index (χ1n) is 18.4. The van der Waals surface area contributed by atoms with Crippen molar-refractivity contribution in [3.8, 4) is 0 Å². The second-order valence-corrected chi connectivity index (χ2v) is 18.9. The van der Waals surface area contributed by atoms with Crippen LogP contribution in [0.15, 0.2) is 12.7 Å². The van der Waals surface area contributed by atoms with Crippen LogP contribution < -0.4 is 21.3 Å². The number of likely N-dealkylation sites (N-methyl/N-ethyl adjacent to an activating group) is 1. The summed E-state index contributed by atoms with van der Waals surface area (Å²) >= 11 is 0. The average molecular weight is 737 g/mol. The Labute approximate surface area is 303 Å². The molecule has 1 unspecified atom stereocenters. The molecule has 6 atom stereocenters. The summed E-state index contributed by atoms with van der Waals surface area (Å²) in [5.41, 5.74) is -1.05. The van der Waals surface area contributed by atoms with E-state index >= 15 is 0 Å². The molecular weight excluding hydrogens is 676 g/mol. The first-order chi connectivity index (χ1) is 23.7. The van der Waals surface area contributed by atoms with E-state index in [0.717, 1.165) is 51.2 Å². The highest BCUT2D eigenvalue weighted by atomic mass is 32.2. The minimum atomic E-state index is -3.51. The Hall–Kier alpha value is -3.04. The molecule has 4 rings (SSSR count). The van der Waals surface area contributed by atoms with Gasteiger partial charge in [-0.25, -0.2) is 17.5 Å². The highest BCUT2D eigenvalue weighted by Gasteiger charge is 2.56. The molecule has 2 saturated carbocycles. The van der Waals surface area contributed by atoms with Crippen LogP contribution in [0.2, 0.25) is 0 Å². The molecule has 2 aliphatic carbocycles. The molecule has 0 bridgehead atoms. The lowest BCUT2D eigenvalue weighted by Gasteiger charge is -2.37. The van der Waals surface area contributed by atoms with Crippen LogP contribution in [0.4, 0.5) is 4.79 Å². The molecule has 4 fully saturated rings. The molecule has 2 saturated heterocycles. The first kappa shape index (κ1) is 40.7. The van der Waals surface area contributed by atoms with Crippen molar-refractivity contribution in [2.45, 2.75) is 128 Å². The van der Waals surface area contributed by atoms with Gasteiger partial charge < -0.3 is 30.9 Å². The molecule has 4 aliphatic rings. The number of sulfonamides is 1. The lowest BCUT2D eigenvalue weighted by Crippen LogP contribution is -2.61. The van der Waals surface area contributed by atoms with Gasteiger partial charge in [0.1, 0.15) is 12.1 Å². The minimum absolute atomic E-state index is 0.0367. The van der Waals surface area contributed by atoms with Gasteiger partial charge in [-0.15, -0.1) is 6.58 Å². The first-order valence-corrected chi connectivity index (χ1v) is 20.3. The van der Waals surface area contributed by atoms with Gasteiger partial charge in [-0.05, 0) is 56.8 Å². The largest absolute Gasteiger partial charge is 0.370 e. The Morgan fingerprint density at radius 1 is 1.02 bits per heavy atom. The molecular formula is C36H60N6O8S. The summed E-state index contributed by atoms with van der Waals surface area (Å²) in [4.78, 5) is 70.2. The molecule has 0 aromatic carbocycles. The number of fused-ring (bicyclic) bond motifs is 1. The third-order valence-electron chi connectivity index (χ3n) is 10.9. The third kappa shape index (κ3) is 10.8. The quantitative estimate of drug-likeness (QED) is 0.146. The lowest BCUT2D eigenvalue weighted by molar-refractivity contribution is -0.144. The van der Waals surface area contributed by atoms with Gasteiger partial charge in [0.15, 0.2) is 0 Å². The molecule has 51 heavy (non-hydrogen) atoms. The standard InChI is InChI=1S/C36H60N6O8S/c1-9-17-37-32(45)30(43)25(18-22-15-16-22)38-31(44)29-24-19-36(5,6)50-26(24)20-42(29)33(46)28(23-13-11-10-12-14-23)40-34(47)39-27(35(2,3)4)21-41(7)51(8,48)49/h9,22-29H,1,10-21H2,2-8H3,(H,37,45)(H,38,44)(H2,39,40,47)/t24-,25?,26-,27+,28-,29-/m0/s1. The maximum absolute atomic E-state index is 14.7. The van der Waals surface area contributed by atoms with Gasteiger partial charge in [0.25, 0.3) is 5.91 Å². The average Bonchev–Trinajstić information content (AvgIpc) is 3.72. The number of ketones is 1. The van der Waals surface area contributed by atoms with Gasteiger partial charge in [0.2, 0.25) is 27.6 Å². The summed E-state index contributed by atoms with van der Waals surface area (Å²) in [6.07, 6.45) is 9.05. The van der Waals surface area contributed by atoms with E-state index < -0.39 is 80.8 Å². The lowest BCUT2D eigenvalue weighted by atomic mass is 9.83. The van der Waals surface area contributed by atoms with Crippen LogP contribution in [0.1, 0.15) is 92.4 Å². The van der Waals surface area contributed by atoms with E-state index in [1.54, 1.807) is 0 Å². The second kappa shape index (κ2) is 16.3. The molecule has 0 radical (unpaired) electrons. The summed E-state index contributed by atoms with van der Waals surface area (Å²) in [6.45, 7) is 13.5. The molecule has 4 N–H and O–H groups in total.